The zero-order valence-corrected chi connectivity index (χ0v) is 43.1. The number of benzene rings is 8. The van der Waals surface area contributed by atoms with E-state index in [0.717, 1.165) is 111 Å². The summed E-state index contributed by atoms with van der Waals surface area (Å²) < 4.78 is 11.0. The van der Waals surface area contributed by atoms with Crippen LogP contribution in [0.1, 0.15) is 77.0 Å². The Morgan fingerprint density at radius 2 is 1.31 bits per heavy atom. The van der Waals surface area contributed by atoms with Crippen molar-refractivity contribution in [2.45, 2.75) is 65.7 Å². The molecule has 0 aliphatic heterocycles. The summed E-state index contributed by atoms with van der Waals surface area (Å²) in [5.74, 6) is 2.43. The number of fused-ring (bicyclic) bond motifs is 10. The molecular formula is C64H51N5OPt. The van der Waals surface area contributed by atoms with Gasteiger partial charge in [-0.2, -0.15) is 0 Å². The summed E-state index contributed by atoms with van der Waals surface area (Å²) >= 11 is 0. The van der Waals surface area contributed by atoms with E-state index >= 15 is 0 Å². The van der Waals surface area contributed by atoms with E-state index in [2.05, 4.69) is 203 Å². The molecule has 0 saturated carbocycles. The van der Waals surface area contributed by atoms with Crippen molar-refractivity contribution in [3.05, 3.63) is 193 Å². The minimum Gasteiger partial charge on any atom is -0.656 e. The second-order valence-corrected chi connectivity index (χ2v) is 20.5. The molecule has 7 heteroatoms. The quantitative estimate of drug-likeness (QED) is 0.149. The van der Waals surface area contributed by atoms with Crippen molar-refractivity contribution in [3.8, 4) is 45.1 Å². The van der Waals surface area contributed by atoms with Gasteiger partial charge in [0.15, 0.2) is 0 Å². The number of pyridine rings is 1. The van der Waals surface area contributed by atoms with Crippen LogP contribution in [0.2, 0.25) is 0 Å². The first-order valence-corrected chi connectivity index (χ1v) is 24.5. The van der Waals surface area contributed by atoms with Crippen molar-refractivity contribution in [1.29, 1.82) is 0 Å². The molecular weight excluding hydrogens is 1050 g/mol. The Kier molecular flexibility index (Phi) is 10.6. The molecule has 0 spiro atoms. The van der Waals surface area contributed by atoms with Crippen LogP contribution < -0.4 is 4.98 Å². The summed E-state index contributed by atoms with van der Waals surface area (Å²) in [6.07, 6.45) is 1.85. The zero-order valence-electron chi connectivity index (χ0n) is 40.8. The van der Waals surface area contributed by atoms with Crippen molar-refractivity contribution in [1.82, 2.24) is 24.1 Å². The molecule has 8 aromatic carbocycles. The average Bonchev–Trinajstić information content (AvgIpc) is 4.14. The molecule has 0 N–H and O–H groups in total. The van der Waals surface area contributed by atoms with Crippen LogP contribution in [-0.2, 0) is 26.5 Å². The Balaban J connectivity index is 0.00000517. The van der Waals surface area contributed by atoms with Crippen molar-refractivity contribution < 1.29 is 25.5 Å². The molecule has 0 amide bonds. The van der Waals surface area contributed by atoms with E-state index in [1.54, 1.807) is 0 Å². The van der Waals surface area contributed by atoms with Gasteiger partial charge in [0, 0.05) is 33.7 Å². The van der Waals surface area contributed by atoms with Crippen LogP contribution in [0.15, 0.2) is 174 Å². The largest absolute Gasteiger partial charge is 2.00 e. The van der Waals surface area contributed by atoms with Crippen LogP contribution in [0.5, 0.6) is 0 Å². The van der Waals surface area contributed by atoms with Gasteiger partial charge in [-0.1, -0.05) is 163 Å². The van der Waals surface area contributed by atoms with Crippen LogP contribution >= 0.6 is 0 Å². The molecule has 71 heavy (non-hydrogen) atoms. The molecule has 0 radical (unpaired) electrons. The molecule has 0 bridgehead atoms. The molecule has 5 heterocycles. The average molecular weight is 1100 g/mol. The van der Waals surface area contributed by atoms with Crippen molar-refractivity contribution in [2.24, 2.45) is 0 Å². The van der Waals surface area contributed by atoms with E-state index in [-0.39, 0.29) is 26.5 Å². The smallest absolute Gasteiger partial charge is 0.656 e. The Hall–Kier alpha value is -7.53. The number of furan rings is 1. The summed E-state index contributed by atoms with van der Waals surface area (Å²) in [6, 6.07) is 62.8. The molecule has 0 aliphatic rings. The van der Waals surface area contributed by atoms with E-state index in [9.17, 15) is 0 Å². The maximum Gasteiger partial charge on any atom is 2.00 e. The SMILES string of the molecule is CC(C)c1cccc(C(C)C)c1-c1ccc(-n2c(-c3cccc4c3[n-]c3ccc(C(C)(C)C)cc34)nc3c(-c4[c-]c5c(cc4)c4cc6oc7ccccc7c6cc4n5-c4ccccn4)cccc32)cc1.[Pt+2]. The molecule has 6 nitrogen and oxygen atoms in total. The molecule has 5 aromatic heterocycles. The maximum absolute atomic E-state index is 6.42. The fourth-order valence-electron chi connectivity index (χ4n) is 11.0. The van der Waals surface area contributed by atoms with Gasteiger partial charge >= 0.3 is 21.1 Å². The van der Waals surface area contributed by atoms with E-state index in [1.807, 2.05) is 30.5 Å². The van der Waals surface area contributed by atoms with Gasteiger partial charge in [0.1, 0.15) is 22.8 Å². The first-order valence-electron chi connectivity index (χ1n) is 24.5. The second kappa shape index (κ2) is 16.8. The number of nitrogens with zero attached hydrogens (tertiary/aromatic N) is 5. The third-order valence-corrected chi connectivity index (χ3v) is 14.5. The molecule has 13 aromatic rings. The standard InChI is InChI=1S/C64H51N5O.Pt/c1-37(2)43-16-12-17-44(38(3)4)60(43)39-24-28-42(29-25-39)68-54-21-14-18-45(62(54)67-63(68)49-20-13-19-48-50-34-41(64(5,6)7)27-31-53(50)66-61(48)49)40-26-30-46-51-36-58-52(47-15-8-9-22-57(47)70-58)35-56(51)69(55(46)33-40)59-23-10-11-32-65-59;/h8-32,34-38H,1-7H3;/q-2;+2. The predicted molar refractivity (Wildman–Crippen MR) is 291 cm³/mol. The molecule has 348 valence electrons. The van der Waals surface area contributed by atoms with E-state index in [1.165, 1.54) is 27.8 Å². The molecule has 0 fully saturated rings. The number of rotatable bonds is 7. The zero-order chi connectivity index (χ0) is 47.6. The summed E-state index contributed by atoms with van der Waals surface area (Å²) in [7, 11) is 0. The monoisotopic (exact) mass is 1100 g/mol. The Bertz CT molecular complexity index is 4190. The number of aromatic nitrogens is 5. The minimum atomic E-state index is 0. The Morgan fingerprint density at radius 3 is 2.07 bits per heavy atom. The summed E-state index contributed by atoms with van der Waals surface area (Å²) in [5.41, 5.74) is 18.0. The molecule has 0 atom stereocenters. The Morgan fingerprint density at radius 1 is 0.577 bits per heavy atom. The first kappa shape index (κ1) is 44.7. The number of para-hydroxylation sites is 3. The van der Waals surface area contributed by atoms with Gasteiger partial charge in [0.05, 0.1) is 11.0 Å². The van der Waals surface area contributed by atoms with Gasteiger partial charge < -0.3 is 14.0 Å². The topological polar surface area (TPSA) is 62.9 Å². The van der Waals surface area contributed by atoms with E-state index in [0.29, 0.717) is 11.8 Å². The fraction of sp³-hybridized carbons (Fsp3) is 0.156. The second-order valence-electron chi connectivity index (χ2n) is 20.5. The summed E-state index contributed by atoms with van der Waals surface area (Å²) in [6.45, 7) is 16.0. The normalized spacial score (nSPS) is 12.3. The fourth-order valence-corrected chi connectivity index (χ4v) is 11.0. The summed E-state index contributed by atoms with van der Waals surface area (Å²) in [4.78, 5) is 16.0. The van der Waals surface area contributed by atoms with Gasteiger partial charge in [0.25, 0.3) is 0 Å². The Labute approximate surface area is 427 Å². The maximum atomic E-state index is 6.42. The van der Waals surface area contributed by atoms with Gasteiger partial charge in [-0.25, -0.2) is 9.97 Å². The third-order valence-electron chi connectivity index (χ3n) is 14.5. The molecule has 0 saturated heterocycles. The van der Waals surface area contributed by atoms with Crippen LogP contribution in [0, 0.1) is 6.07 Å². The molecule has 0 aliphatic carbocycles. The van der Waals surface area contributed by atoms with E-state index < -0.39 is 0 Å². The van der Waals surface area contributed by atoms with Gasteiger partial charge in [0.2, 0.25) is 0 Å². The predicted octanol–water partition coefficient (Wildman–Crippen LogP) is 17.0. The van der Waals surface area contributed by atoms with Crippen molar-refractivity contribution in [3.63, 3.8) is 0 Å². The minimum absolute atomic E-state index is 0. The molecule has 13 rings (SSSR count). The van der Waals surface area contributed by atoms with Gasteiger partial charge in [-0.05, 0) is 115 Å². The van der Waals surface area contributed by atoms with Crippen LogP contribution in [0.4, 0.5) is 0 Å². The van der Waals surface area contributed by atoms with Crippen molar-refractivity contribution in [2.75, 3.05) is 0 Å². The van der Waals surface area contributed by atoms with E-state index in [4.69, 9.17) is 19.4 Å². The molecule has 0 unspecified atom stereocenters. The number of hydrogen-bond donors (Lipinski definition) is 0. The third kappa shape index (κ3) is 7.09. The number of imidazole rings is 1. The summed E-state index contributed by atoms with van der Waals surface area (Å²) in [5, 5.41) is 6.60. The number of hydrogen-bond acceptors (Lipinski definition) is 3. The van der Waals surface area contributed by atoms with Crippen LogP contribution in [0.25, 0.3) is 122 Å². The van der Waals surface area contributed by atoms with Crippen molar-refractivity contribution >= 4 is 76.6 Å². The van der Waals surface area contributed by atoms with Crippen LogP contribution in [-0.4, -0.2) is 19.1 Å². The van der Waals surface area contributed by atoms with Gasteiger partial charge in [-0.3, -0.25) is 4.57 Å². The van der Waals surface area contributed by atoms with Crippen LogP contribution in [0.3, 0.4) is 0 Å². The van der Waals surface area contributed by atoms with Gasteiger partial charge in [-0.15, -0.1) is 34.8 Å². The first-order chi connectivity index (χ1) is 34.0.